The first-order chi connectivity index (χ1) is 9.56. The molecule has 1 aromatic heterocycles. The second-order valence-electron chi connectivity index (χ2n) is 4.19. The van der Waals surface area contributed by atoms with E-state index in [9.17, 15) is 8.42 Å². The second kappa shape index (κ2) is 6.18. The van der Waals surface area contributed by atoms with Crippen molar-refractivity contribution in [2.75, 3.05) is 0 Å². The van der Waals surface area contributed by atoms with Gasteiger partial charge in [0, 0.05) is 11.4 Å². The van der Waals surface area contributed by atoms with Crippen LogP contribution in [0.1, 0.15) is 22.9 Å². The Hall–Kier alpha value is -1.68. The van der Waals surface area contributed by atoms with E-state index in [1.807, 2.05) is 24.4 Å². The highest BCUT2D eigenvalue weighted by Crippen LogP contribution is 2.18. The van der Waals surface area contributed by atoms with Gasteiger partial charge in [-0.3, -0.25) is 0 Å². The van der Waals surface area contributed by atoms with Gasteiger partial charge in [0.25, 0.3) is 0 Å². The zero-order valence-electron chi connectivity index (χ0n) is 11.0. The molecule has 0 atom stereocenters. The summed E-state index contributed by atoms with van der Waals surface area (Å²) in [4.78, 5) is 1.14. The highest BCUT2D eigenvalue weighted by atomic mass is 32.2. The molecule has 4 nitrogen and oxygen atoms in total. The van der Waals surface area contributed by atoms with Gasteiger partial charge in [0.2, 0.25) is 10.0 Å². The molecule has 104 valence electrons. The van der Waals surface area contributed by atoms with Gasteiger partial charge in [-0.2, -0.15) is 5.26 Å². The average Bonchev–Trinajstić information content (AvgIpc) is 2.93. The molecule has 0 aliphatic carbocycles. The van der Waals surface area contributed by atoms with E-state index < -0.39 is 10.0 Å². The fourth-order valence-corrected chi connectivity index (χ4v) is 3.86. The molecule has 0 aliphatic heterocycles. The average molecular weight is 306 g/mol. The van der Waals surface area contributed by atoms with Crippen LogP contribution in [0.2, 0.25) is 0 Å². The second-order valence-corrected chi connectivity index (χ2v) is 6.95. The summed E-state index contributed by atoms with van der Waals surface area (Å²) >= 11 is 1.54. The summed E-state index contributed by atoms with van der Waals surface area (Å²) in [5.41, 5.74) is 1.49. The first-order valence-electron chi connectivity index (χ1n) is 6.12. The highest BCUT2D eigenvalue weighted by molar-refractivity contribution is 7.89. The van der Waals surface area contributed by atoms with Crippen molar-refractivity contribution in [3.63, 3.8) is 0 Å². The topological polar surface area (TPSA) is 70.0 Å². The minimum absolute atomic E-state index is 0.117. The number of sulfonamides is 1. The van der Waals surface area contributed by atoms with Crippen LogP contribution < -0.4 is 4.72 Å². The lowest BCUT2D eigenvalue weighted by Crippen LogP contribution is -2.23. The van der Waals surface area contributed by atoms with Crippen molar-refractivity contribution in [1.82, 2.24) is 4.72 Å². The molecule has 6 heteroatoms. The van der Waals surface area contributed by atoms with Gasteiger partial charge in [0.05, 0.1) is 16.5 Å². The summed E-state index contributed by atoms with van der Waals surface area (Å²) in [6.45, 7) is 2.32. The van der Waals surface area contributed by atoms with Crippen molar-refractivity contribution in [2.24, 2.45) is 0 Å². The Bertz CT molecular complexity index is 743. The predicted molar refractivity (Wildman–Crippen MR) is 78.9 cm³/mol. The number of thiophene rings is 1. The van der Waals surface area contributed by atoms with Crippen LogP contribution in [-0.4, -0.2) is 8.42 Å². The summed E-state index contributed by atoms with van der Waals surface area (Å²) in [6, 6.07) is 9.94. The van der Waals surface area contributed by atoms with Crippen molar-refractivity contribution in [2.45, 2.75) is 24.8 Å². The lowest BCUT2D eigenvalue weighted by molar-refractivity contribution is 0.581. The number of nitrogens with one attached hydrogen (secondary N) is 1. The number of hydrogen-bond acceptors (Lipinski definition) is 4. The third-order valence-corrected chi connectivity index (χ3v) is 5.28. The van der Waals surface area contributed by atoms with Gasteiger partial charge in [-0.15, -0.1) is 11.3 Å². The molecule has 0 fully saturated rings. The normalized spacial score (nSPS) is 11.2. The number of nitriles is 1. The molecule has 0 saturated heterocycles. The maximum Gasteiger partial charge on any atom is 0.240 e. The maximum atomic E-state index is 12.2. The molecule has 1 N–H and O–H groups in total. The fourth-order valence-electron chi connectivity index (χ4n) is 1.81. The minimum atomic E-state index is -3.59. The van der Waals surface area contributed by atoms with Crippen LogP contribution in [0.3, 0.4) is 0 Å². The first-order valence-corrected chi connectivity index (χ1v) is 8.48. The Labute approximate surface area is 122 Å². The van der Waals surface area contributed by atoms with E-state index in [2.05, 4.69) is 4.72 Å². The van der Waals surface area contributed by atoms with Crippen molar-refractivity contribution in [3.8, 4) is 6.07 Å². The van der Waals surface area contributed by atoms with E-state index in [4.69, 9.17) is 5.26 Å². The molecule has 0 aliphatic rings. The number of benzene rings is 1. The van der Waals surface area contributed by atoms with E-state index in [1.165, 1.54) is 23.5 Å². The predicted octanol–water partition coefficient (Wildman–Crippen LogP) is 2.66. The first kappa shape index (κ1) is 14.7. The Kier molecular flexibility index (Phi) is 4.55. The molecule has 0 spiro atoms. The number of nitrogens with zero attached hydrogens (tertiary/aromatic N) is 1. The summed E-state index contributed by atoms with van der Waals surface area (Å²) in [6.07, 6.45) is 0.879. The van der Waals surface area contributed by atoms with E-state index in [0.717, 1.165) is 16.9 Å². The molecule has 0 saturated carbocycles. The molecular formula is C14H14N2O2S2. The van der Waals surface area contributed by atoms with Gasteiger partial charge in [-0.1, -0.05) is 13.0 Å². The molecule has 0 amide bonds. The Morgan fingerprint density at radius 3 is 2.85 bits per heavy atom. The monoisotopic (exact) mass is 306 g/mol. The maximum absolute atomic E-state index is 12.2. The molecule has 0 radical (unpaired) electrons. The largest absolute Gasteiger partial charge is 0.240 e. The standard InChI is InChI=1S/C14H14N2O2S2/c1-2-12-6-7-19-14(12)10-16-20(17,18)13-5-3-4-11(8-13)9-15/h3-8,16H,2,10H2,1H3. The van der Waals surface area contributed by atoms with Crippen LogP contribution in [-0.2, 0) is 23.0 Å². The van der Waals surface area contributed by atoms with Crippen molar-refractivity contribution in [3.05, 3.63) is 51.7 Å². The molecule has 1 heterocycles. The number of hydrogen-bond donors (Lipinski definition) is 1. The zero-order valence-corrected chi connectivity index (χ0v) is 12.6. The molecule has 1 aromatic carbocycles. The van der Waals surface area contributed by atoms with Crippen LogP contribution >= 0.6 is 11.3 Å². The van der Waals surface area contributed by atoms with Crippen LogP contribution in [0, 0.1) is 11.3 Å². The van der Waals surface area contributed by atoms with Gasteiger partial charge in [-0.05, 0) is 41.6 Å². The Morgan fingerprint density at radius 2 is 2.15 bits per heavy atom. The Morgan fingerprint density at radius 1 is 1.35 bits per heavy atom. The summed E-state index contributed by atoms with van der Waals surface area (Å²) in [5, 5.41) is 10.8. The van der Waals surface area contributed by atoms with Crippen molar-refractivity contribution < 1.29 is 8.42 Å². The van der Waals surface area contributed by atoms with Crippen LogP contribution in [0.5, 0.6) is 0 Å². The highest BCUT2D eigenvalue weighted by Gasteiger charge is 2.15. The van der Waals surface area contributed by atoms with Crippen LogP contribution in [0.25, 0.3) is 0 Å². The summed E-state index contributed by atoms with van der Waals surface area (Å²) in [5.74, 6) is 0. The van der Waals surface area contributed by atoms with Gasteiger partial charge in [0.1, 0.15) is 0 Å². The molecule has 2 aromatic rings. The van der Waals surface area contributed by atoms with E-state index in [-0.39, 0.29) is 11.4 Å². The molecule has 2 rings (SSSR count). The van der Waals surface area contributed by atoms with Crippen LogP contribution in [0.15, 0.2) is 40.6 Å². The lowest BCUT2D eigenvalue weighted by atomic mass is 10.2. The van der Waals surface area contributed by atoms with E-state index in [0.29, 0.717) is 5.56 Å². The Balaban J connectivity index is 2.17. The van der Waals surface area contributed by atoms with Crippen molar-refractivity contribution in [1.29, 1.82) is 5.26 Å². The summed E-state index contributed by atoms with van der Waals surface area (Å²) in [7, 11) is -3.59. The number of rotatable bonds is 5. The SMILES string of the molecule is CCc1ccsc1CNS(=O)(=O)c1cccc(C#N)c1. The van der Waals surface area contributed by atoms with E-state index in [1.54, 1.807) is 12.1 Å². The quantitative estimate of drug-likeness (QED) is 0.923. The lowest BCUT2D eigenvalue weighted by Gasteiger charge is -2.07. The zero-order chi connectivity index (χ0) is 14.6. The van der Waals surface area contributed by atoms with E-state index >= 15 is 0 Å². The van der Waals surface area contributed by atoms with Crippen molar-refractivity contribution >= 4 is 21.4 Å². The van der Waals surface area contributed by atoms with Gasteiger partial charge in [-0.25, -0.2) is 13.1 Å². The molecule has 0 bridgehead atoms. The van der Waals surface area contributed by atoms with Gasteiger partial charge in [0.15, 0.2) is 0 Å². The van der Waals surface area contributed by atoms with Gasteiger partial charge >= 0.3 is 0 Å². The molecule has 20 heavy (non-hydrogen) atoms. The third-order valence-electron chi connectivity index (χ3n) is 2.91. The molecular weight excluding hydrogens is 292 g/mol. The van der Waals surface area contributed by atoms with Crippen LogP contribution in [0.4, 0.5) is 0 Å². The fraction of sp³-hybridized carbons (Fsp3) is 0.214. The summed E-state index contributed by atoms with van der Waals surface area (Å²) < 4.78 is 26.9. The van der Waals surface area contributed by atoms with Gasteiger partial charge < -0.3 is 0 Å². The third kappa shape index (κ3) is 3.25. The number of aryl methyl sites for hydroxylation is 1. The minimum Gasteiger partial charge on any atom is -0.207 e. The molecule has 0 unspecified atom stereocenters. The smallest absolute Gasteiger partial charge is 0.207 e.